The van der Waals surface area contributed by atoms with Gasteiger partial charge in [0.15, 0.2) is 5.96 Å². The van der Waals surface area contributed by atoms with Crippen LogP contribution < -0.4 is 71.6 Å². The topological polar surface area (TPSA) is 481 Å². The summed E-state index contributed by atoms with van der Waals surface area (Å²) in [4.78, 5) is 178. The van der Waals surface area contributed by atoms with Crippen LogP contribution in [-0.2, 0) is 68.7 Å². The van der Waals surface area contributed by atoms with Gasteiger partial charge in [0.05, 0.1) is 31.5 Å². The summed E-state index contributed by atoms with van der Waals surface area (Å²) in [6.07, 6.45) is -0.287. The van der Waals surface area contributed by atoms with Crippen molar-refractivity contribution >= 4 is 83.1 Å². The standard InChI is InChI=1S/C49H76N16O13/c1-26(2)20-32(42(72)59-30(15-16-37(51)67)41(71)63-35(23-39(53)69)45(75)60-31(13-7-17-56-49(54)55)48(78)64-18-8-12-29(64)25-66)61-43(73)33(21-28-10-5-4-6-11-28)62-44(74)34(22-38(52)68)58-40(70)24-57-46(76)36-14-9-19-65(36)47(77)27(3)50/h4-6,10-11,25-27,29-36H,7-9,12-24,50H2,1-3H3,(H2,51,67)(H2,52,68)(H2,53,69)(H,57,76)(H,58,70)(H,59,72)(H,60,75)(H,61,73)(H,62,74)(H,63,71)(H4,54,55,56)/t27-,29-,30-,31-,32-,33-,34-,35-,36-/m0/s1. The third-order valence-corrected chi connectivity index (χ3v) is 12.6. The molecule has 0 spiro atoms. The van der Waals surface area contributed by atoms with E-state index < -0.39 is 157 Å². The Morgan fingerprint density at radius 1 is 0.628 bits per heavy atom. The molecule has 2 fully saturated rings. The number of primary amides is 3. The van der Waals surface area contributed by atoms with Crippen LogP contribution in [0.5, 0.6) is 0 Å². The van der Waals surface area contributed by atoms with Crippen LogP contribution in [0.15, 0.2) is 35.3 Å². The zero-order valence-electron chi connectivity index (χ0n) is 44.2. The first-order valence-electron chi connectivity index (χ1n) is 25.7. The Kier molecular flexibility index (Phi) is 26.0. The molecule has 1 aromatic carbocycles. The molecule has 3 rings (SSSR count). The first kappa shape index (κ1) is 64.0. The molecule has 0 unspecified atom stereocenters. The second-order valence-electron chi connectivity index (χ2n) is 19.6. The van der Waals surface area contributed by atoms with Gasteiger partial charge in [-0.2, -0.15) is 0 Å². The van der Waals surface area contributed by atoms with Crippen molar-refractivity contribution < 1.29 is 62.3 Å². The molecule has 29 heteroatoms. The van der Waals surface area contributed by atoms with Gasteiger partial charge in [-0.15, -0.1) is 0 Å². The third kappa shape index (κ3) is 21.4. The highest BCUT2D eigenvalue weighted by atomic mass is 16.2. The summed E-state index contributed by atoms with van der Waals surface area (Å²) in [7, 11) is 0. The maximum atomic E-state index is 14.3. The van der Waals surface area contributed by atoms with E-state index >= 15 is 0 Å². The number of hydrogen-bond acceptors (Lipinski definition) is 15. The molecular formula is C49H76N16O13. The lowest BCUT2D eigenvalue weighted by Gasteiger charge is -2.29. The number of nitrogens with zero attached hydrogens (tertiary/aromatic N) is 3. The van der Waals surface area contributed by atoms with Gasteiger partial charge >= 0.3 is 0 Å². The number of carbonyl (C=O) groups excluding carboxylic acids is 13. The summed E-state index contributed by atoms with van der Waals surface area (Å²) in [5.74, 6) is -11.3. The number of benzene rings is 1. The van der Waals surface area contributed by atoms with E-state index in [2.05, 4.69) is 42.2 Å². The Balaban J connectivity index is 1.87. The number of nitrogens with two attached hydrogens (primary N) is 6. The van der Waals surface area contributed by atoms with Crippen molar-refractivity contribution in [2.45, 2.75) is 152 Å². The molecule has 0 aromatic heterocycles. The van der Waals surface area contributed by atoms with E-state index in [0.717, 1.165) is 0 Å². The van der Waals surface area contributed by atoms with Crippen LogP contribution >= 0.6 is 0 Å². The highest BCUT2D eigenvalue weighted by molar-refractivity contribution is 6.00. The molecule has 12 amide bonds. The minimum Gasteiger partial charge on any atom is -0.370 e. The molecule has 2 aliphatic rings. The molecule has 0 radical (unpaired) electrons. The molecule has 430 valence electrons. The largest absolute Gasteiger partial charge is 0.370 e. The zero-order valence-corrected chi connectivity index (χ0v) is 44.2. The smallest absolute Gasteiger partial charge is 0.245 e. The fourth-order valence-corrected chi connectivity index (χ4v) is 8.76. The highest BCUT2D eigenvalue weighted by Gasteiger charge is 2.39. The number of amides is 12. The van der Waals surface area contributed by atoms with Crippen LogP contribution in [0.25, 0.3) is 0 Å². The van der Waals surface area contributed by atoms with Crippen LogP contribution in [0, 0.1) is 5.92 Å². The van der Waals surface area contributed by atoms with Gasteiger partial charge in [-0.1, -0.05) is 44.2 Å². The molecule has 1 aromatic rings. The first-order chi connectivity index (χ1) is 36.8. The molecule has 29 nitrogen and oxygen atoms in total. The Morgan fingerprint density at radius 2 is 1.15 bits per heavy atom. The van der Waals surface area contributed by atoms with E-state index in [1.165, 1.54) is 16.7 Å². The van der Waals surface area contributed by atoms with Crippen LogP contribution in [0.2, 0.25) is 0 Å². The van der Waals surface area contributed by atoms with Crippen LogP contribution in [-0.4, -0.2) is 173 Å². The normalized spacial score (nSPS) is 17.6. The van der Waals surface area contributed by atoms with Crippen molar-refractivity contribution in [2.24, 2.45) is 45.3 Å². The summed E-state index contributed by atoms with van der Waals surface area (Å²) in [5, 5.41) is 17.3. The fourth-order valence-electron chi connectivity index (χ4n) is 8.76. The van der Waals surface area contributed by atoms with E-state index in [1.54, 1.807) is 44.2 Å². The summed E-state index contributed by atoms with van der Waals surface area (Å²) in [6.45, 7) is 4.79. The quantitative estimate of drug-likeness (QED) is 0.0138. The van der Waals surface area contributed by atoms with Gasteiger partial charge < -0.3 is 86.2 Å². The number of carbonyl (C=O) groups is 13. The Hall–Kier alpha value is -8.24. The molecule has 0 aliphatic carbocycles. The van der Waals surface area contributed by atoms with Crippen molar-refractivity contribution in [3.05, 3.63) is 35.9 Å². The Morgan fingerprint density at radius 3 is 1.73 bits per heavy atom. The summed E-state index contributed by atoms with van der Waals surface area (Å²) in [6, 6.07) is -3.58. The maximum Gasteiger partial charge on any atom is 0.245 e. The molecule has 2 heterocycles. The molecule has 0 saturated carbocycles. The fraction of sp³-hybridized carbons (Fsp3) is 0.592. The second-order valence-corrected chi connectivity index (χ2v) is 19.6. The molecule has 9 atom stereocenters. The average Bonchev–Trinajstić information content (AvgIpc) is 4.07. The maximum absolute atomic E-state index is 14.3. The number of guanidine groups is 1. The monoisotopic (exact) mass is 1100 g/mol. The van der Waals surface area contributed by atoms with E-state index in [1.807, 2.05) is 0 Å². The lowest BCUT2D eigenvalue weighted by atomic mass is 10.00. The number of likely N-dealkylation sites (tertiary alicyclic amines) is 2. The van der Waals surface area contributed by atoms with Gasteiger partial charge in [0, 0.05) is 32.5 Å². The van der Waals surface area contributed by atoms with Gasteiger partial charge in [0.1, 0.15) is 48.6 Å². The van der Waals surface area contributed by atoms with Crippen LogP contribution in [0.1, 0.15) is 97.0 Å². The van der Waals surface area contributed by atoms with E-state index in [9.17, 15) is 62.3 Å². The molecule has 2 aliphatic heterocycles. The Bertz CT molecular complexity index is 2370. The van der Waals surface area contributed by atoms with Crippen molar-refractivity contribution in [2.75, 3.05) is 26.2 Å². The minimum absolute atomic E-state index is 0.0384. The van der Waals surface area contributed by atoms with Crippen LogP contribution in [0.3, 0.4) is 0 Å². The van der Waals surface area contributed by atoms with Crippen LogP contribution in [0.4, 0.5) is 0 Å². The third-order valence-electron chi connectivity index (χ3n) is 12.6. The molecule has 19 N–H and O–H groups in total. The summed E-state index contributed by atoms with van der Waals surface area (Å²) >= 11 is 0. The lowest BCUT2D eigenvalue weighted by molar-refractivity contribution is -0.140. The predicted molar refractivity (Wildman–Crippen MR) is 279 cm³/mol. The molecule has 0 bridgehead atoms. The Labute approximate surface area is 451 Å². The van der Waals surface area contributed by atoms with Crippen molar-refractivity contribution in [3.8, 4) is 0 Å². The number of aliphatic imine (C=N–C) groups is 1. The molecular weight excluding hydrogens is 1020 g/mol. The second kappa shape index (κ2) is 31.7. The SMILES string of the molecule is CC(C)C[C@H](NC(=O)[C@H](Cc1ccccc1)NC(=O)[C@H](CC(N)=O)NC(=O)CNC(=O)[C@@H]1CCCN1C(=O)[C@H](C)N)C(=O)N[C@@H](CCC(N)=O)C(=O)N[C@@H](CC(N)=O)C(=O)N[C@@H](CCCN=C(N)N)C(=O)N1CCC[C@H]1C=O. The minimum atomic E-state index is -1.76. The van der Waals surface area contributed by atoms with Gasteiger partial charge in [-0.25, -0.2) is 0 Å². The number of nitrogens with one attached hydrogen (secondary N) is 7. The number of aldehydes is 1. The predicted octanol–water partition coefficient (Wildman–Crippen LogP) is -6.10. The molecule has 78 heavy (non-hydrogen) atoms. The number of rotatable bonds is 32. The van der Waals surface area contributed by atoms with Crippen molar-refractivity contribution in [1.82, 2.24) is 47.0 Å². The average molecular weight is 1100 g/mol. The lowest BCUT2D eigenvalue weighted by Crippen LogP contribution is -2.60. The van der Waals surface area contributed by atoms with Gasteiger partial charge in [-0.3, -0.25) is 62.5 Å². The first-order valence-corrected chi connectivity index (χ1v) is 25.7. The highest BCUT2D eigenvalue weighted by Crippen LogP contribution is 2.20. The molecule has 2 saturated heterocycles. The summed E-state index contributed by atoms with van der Waals surface area (Å²) in [5.41, 5.74) is 33.5. The van der Waals surface area contributed by atoms with Gasteiger partial charge in [-0.05, 0) is 69.8 Å². The summed E-state index contributed by atoms with van der Waals surface area (Å²) < 4.78 is 0. The van der Waals surface area contributed by atoms with Gasteiger partial charge in [0.2, 0.25) is 70.9 Å². The van der Waals surface area contributed by atoms with E-state index in [-0.39, 0.29) is 57.2 Å². The number of hydrogen-bond donors (Lipinski definition) is 13. The van der Waals surface area contributed by atoms with Gasteiger partial charge in [0.25, 0.3) is 0 Å². The zero-order chi connectivity index (χ0) is 58.2. The van der Waals surface area contributed by atoms with Crippen molar-refractivity contribution in [1.29, 1.82) is 0 Å². The van der Waals surface area contributed by atoms with E-state index in [0.29, 0.717) is 37.5 Å². The van der Waals surface area contributed by atoms with Crippen molar-refractivity contribution in [3.63, 3.8) is 0 Å². The van der Waals surface area contributed by atoms with E-state index in [4.69, 9.17) is 34.4 Å².